The Labute approximate surface area is 115 Å². The standard InChI is InChI=1S/C14H15N5O/c15-14(6-3-7-14)13-18-12(19-20-13)8-11-16-9-4-1-2-5-10(9)17-11/h1-2,4-5H,3,6-8,15H2,(H,16,17). The molecule has 0 bridgehead atoms. The number of nitrogens with zero attached hydrogens (tertiary/aromatic N) is 3. The van der Waals surface area contributed by atoms with Crippen LogP contribution < -0.4 is 5.73 Å². The van der Waals surface area contributed by atoms with Crippen molar-refractivity contribution in [1.82, 2.24) is 20.1 Å². The smallest absolute Gasteiger partial charge is 0.246 e. The zero-order valence-electron chi connectivity index (χ0n) is 11.0. The Kier molecular flexibility index (Phi) is 2.40. The number of fused-ring (bicyclic) bond motifs is 1. The molecule has 2 aromatic heterocycles. The number of benzene rings is 1. The van der Waals surface area contributed by atoms with Crippen LogP contribution in [-0.2, 0) is 12.0 Å². The third kappa shape index (κ3) is 1.80. The molecule has 0 atom stereocenters. The Bertz CT molecular complexity index is 723. The molecule has 0 radical (unpaired) electrons. The maximum Gasteiger partial charge on any atom is 0.246 e. The quantitative estimate of drug-likeness (QED) is 0.757. The van der Waals surface area contributed by atoms with Crippen LogP contribution in [0.1, 0.15) is 36.8 Å². The van der Waals surface area contributed by atoms with Crippen LogP contribution in [0.2, 0.25) is 0 Å². The molecule has 1 fully saturated rings. The summed E-state index contributed by atoms with van der Waals surface area (Å²) in [5, 5.41) is 4.00. The van der Waals surface area contributed by atoms with Gasteiger partial charge in [-0.25, -0.2) is 4.98 Å². The summed E-state index contributed by atoms with van der Waals surface area (Å²) in [7, 11) is 0. The Morgan fingerprint density at radius 3 is 2.85 bits per heavy atom. The highest BCUT2D eigenvalue weighted by Crippen LogP contribution is 2.37. The number of imidazole rings is 1. The number of nitrogens with one attached hydrogen (secondary N) is 1. The van der Waals surface area contributed by atoms with E-state index in [2.05, 4.69) is 20.1 Å². The molecule has 0 saturated heterocycles. The van der Waals surface area contributed by atoms with Crippen LogP contribution in [0.25, 0.3) is 11.0 Å². The lowest BCUT2D eigenvalue weighted by Gasteiger charge is -2.33. The molecular formula is C14H15N5O. The summed E-state index contributed by atoms with van der Waals surface area (Å²) in [6.45, 7) is 0. The fourth-order valence-electron chi connectivity index (χ4n) is 2.54. The Morgan fingerprint density at radius 1 is 1.25 bits per heavy atom. The van der Waals surface area contributed by atoms with Gasteiger partial charge in [0.1, 0.15) is 5.82 Å². The van der Waals surface area contributed by atoms with Crippen LogP contribution in [0, 0.1) is 0 Å². The Balaban J connectivity index is 1.59. The monoisotopic (exact) mass is 269 g/mol. The zero-order valence-corrected chi connectivity index (χ0v) is 11.0. The van der Waals surface area contributed by atoms with Gasteiger partial charge in [0.2, 0.25) is 5.89 Å². The highest BCUT2D eigenvalue weighted by Gasteiger charge is 2.39. The van der Waals surface area contributed by atoms with Crippen LogP contribution in [0.3, 0.4) is 0 Å². The molecule has 6 nitrogen and oxygen atoms in total. The Hall–Kier alpha value is -2.21. The van der Waals surface area contributed by atoms with E-state index in [0.717, 1.165) is 36.1 Å². The van der Waals surface area contributed by atoms with Gasteiger partial charge >= 0.3 is 0 Å². The maximum absolute atomic E-state index is 6.17. The van der Waals surface area contributed by atoms with Gasteiger partial charge in [-0.15, -0.1) is 0 Å². The predicted molar refractivity (Wildman–Crippen MR) is 72.9 cm³/mol. The van der Waals surface area contributed by atoms with E-state index in [1.54, 1.807) is 0 Å². The van der Waals surface area contributed by atoms with Gasteiger partial charge in [-0.05, 0) is 31.4 Å². The summed E-state index contributed by atoms with van der Waals surface area (Å²) in [5.41, 5.74) is 7.73. The number of para-hydroxylation sites is 2. The normalized spacial score (nSPS) is 17.2. The average Bonchev–Trinajstić information content (AvgIpc) is 3.02. The molecule has 4 rings (SSSR count). The summed E-state index contributed by atoms with van der Waals surface area (Å²) in [5.74, 6) is 2.00. The van der Waals surface area contributed by atoms with Crippen molar-refractivity contribution in [3.8, 4) is 0 Å². The average molecular weight is 269 g/mol. The van der Waals surface area contributed by atoms with E-state index in [1.807, 2.05) is 24.3 Å². The largest absolute Gasteiger partial charge is 0.342 e. The number of nitrogens with two attached hydrogens (primary N) is 1. The predicted octanol–water partition coefficient (Wildman–Crippen LogP) is 1.87. The van der Waals surface area contributed by atoms with E-state index in [1.165, 1.54) is 0 Å². The topological polar surface area (TPSA) is 93.6 Å². The van der Waals surface area contributed by atoms with Crippen LogP contribution in [0.15, 0.2) is 28.8 Å². The molecular weight excluding hydrogens is 254 g/mol. The molecule has 0 unspecified atom stereocenters. The fraction of sp³-hybridized carbons (Fsp3) is 0.357. The van der Waals surface area contributed by atoms with Gasteiger partial charge in [-0.1, -0.05) is 17.3 Å². The highest BCUT2D eigenvalue weighted by molar-refractivity contribution is 5.74. The number of hydrogen-bond donors (Lipinski definition) is 2. The van der Waals surface area contributed by atoms with Gasteiger partial charge < -0.3 is 15.2 Å². The van der Waals surface area contributed by atoms with Crippen molar-refractivity contribution < 1.29 is 4.52 Å². The van der Waals surface area contributed by atoms with E-state index >= 15 is 0 Å². The first-order valence-electron chi connectivity index (χ1n) is 6.78. The van der Waals surface area contributed by atoms with Crippen LogP contribution in [-0.4, -0.2) is 20.1 Å². The molecule has 1 saturated carbocycles. The van der Waals surface area contributed by atoms with Crippen molar-refractivity contribution in [3.05, 3.63) is 41.8 Å². The lowest BCUT2D eigenvalue weighted by atomic mass is 9.78. The third-order valence-electron chi connectivity index (χ3n) is 3.90. The lowest BCUT2D eigenvalue weighted by molar-refractivity contribution is 0.181. The SMILES string of the molecule is NC1(c2nc(Cc3nc4ccccc4[nH]3)no2)CCC1. The molecule has 6 heteroatoms. The van der Waals surface area contributed by atoms with Crippen molar-refractivity contribution >= 4 is 11.0 Å². The minimum Gasteiger partial charge on any atom is -0.342 e. The zero-order chi connectivity index (χ0) is 13.6. The second-order valence-electron chi connectivity index (χ2n) is 5.40. The maximum atomic E-state index is 6.17. The number of aromatic nitrogens is 4. The number of rotatable bonds is 3. The molecule has 3 N–H and O–H groups in total. The molecule has 20 heavy (non-hydrogen) atoms. The van der Waals surface area contributed by atoms with Gasteiger partial charge in [0.05, 0.1) is 23.0 Å². The van der Waals surface area contributed by atoms with E-state index in [0.29, 0.717) is 18.1 Å². The van der Waals surface area contributed by atoms with Crippen molar-refractivity contribution in [2.45, 2.75) is 31.2 Å². The third-order valence-corrected chi connectivity index (χ3v) is 3.90. The van der Waals surface area contributed by atoms with E-state index in [9.17, 15) is 0 Å². The van der Waals surface area contributed by atoms with E-state index in [-0.39, 0.29) is 0 Å². The van der Waals surface area contributed by atoms with Crippen LogP contribution in [0.4, 0.5) is 0 Å². The summed E-state index contributed by atoms with van der Waals surface area (Å²) < 4.78 is 5.29. The first-order chi connectivity index (χ1) is 9.73. The summed E-state index contributed by atoms with van der Waals surface area (Å²) >= 11 is 0. The van der Waals surface area contributed by atoms with Gasteiger partial charge in [-0.2, -0.15) is 4.98 Å². The minimum atomic E-state index is -0.404. The molecule has 2 heterocycles. The summed E-state index contributed by atoms with van der Waals surface area (Å²) in [4.78, 5) is 12.2. The number of hydrogen-bond acceptors (Lipinski definition) is 5. The molecule has 1 aliphatic rings. The molecule has 0 aliphatic heterocycles. The van der Waals surface area contributed by atoms with Crippen LogP contribution in [0.5, 0.6) is 0 Å². The van der Waals surface area contributed by atoms with Crippen molar-refractivity contribution in [2.24, 2.45) is 5.73 Å². The van der Waals surface area contributed by atoms with Crippen molar-refractivity contribution in [3.63, 3.8) is 0 Å². The Morgan fingerprint density at radius 2 is 2.10 bits per heavy atom. The first-order valence-corrected chi connectivity index (χ1v) is 6.78. The van der Waals surface area contributed by atoms with E-state index in [4.69, 9.17) is 10.3 Å². The number of aromatic amines is 1. The number of H-pyrrole nitrogens is 1. The second-order valence-corrected chi connectivity index (χ2v) is 5.40. The fourth-order valence-corrected chi connectivity index (χ4v) is 2.54. The summed E-state index contributed by atoms with van der Waals surface area (Å²) in [6, 6.07) is 7.91. The highest BCUT2D eigenvalue weighted by atomic mass is 16.5. The second kappa shape index (κ2) is 4.14. The van der Waals surface area contributed by atoms with E-state index < -0.39 is 5.54 Å². The molecule has 1 aromatic carbocycles. The minimum absolute atomic E-state index is 0.404. The molecule has 1 aliphatic carbocycles. The molecule has 0 amide bonds. The first kappa shape index (κ1) is 11.6. The molecule has 3 aromatic rings. The van der Waals surface area contributed by atoms with Crippen LogP contribution >= 0.6 is 0 Å². The van der Waals surface area contributed by atoms with Gasteiger partial charge in [-0.3, -0.25) is 0 Å². The molecule has 0 spiro atoms. The molecule has 102 valence electrons. The van der Waals surface area contributed by atoms with Gasteiger partial charge in [0.25, 0.3) is 0 Å². The van der Waals surface area contributed by atoms with Crippen molar-refractivity contribution in [1.29, 1.82) is 0 Å². The van der Waals surface area contributed by atoms with Crippen molar-refractivity contribution in [2.75, 3.05) is 0 Å². The summed E-state index contributed by atoms with van der Waals surface area (Å²) in [6.07, 6.45) is 3.48. The van der Waals surface area contributed by atoms with Gasteiger partial charge in [0.15, 0.2) is 5.82 Å². The van der Waals surface area contributed by atoms with Gasteiger partial charge in [0, 0.05) is 0 Å². The lowest BCUT2D eigenvalue weighted by Crippen LogP contribution is -2.43.